The molecule has 1 aromatic rings. The first-order valence-corrected chi connectivity index (χ1v) is 3.37. The van der Waals surface area contributed by atoms with E-state index in [1.165, 1.54) is 6.20 Å². The molecular weight excluding hydrogens is 160 g/mol. The molecule has 0 aliphatic heterocycles. The molecule has 5 N–H and O–H groups in total. The van der Waals surface area contributed by atoms with Crippen molar-refractivity contribution >= 4 is 28.7 Å². The summed E-state index contributed by atoms with van der Waals surface area (Å²) >= 11 is 4.63. The summed E-state index contributed by atoms with van der Waals surface area (Å²) in [6.45, 7) is 0. The Morgan fingerprint density at radius 3 is 2.91 bits per heavy atom. The van der Waals surface area contributed by atoms with Crippen molar-refractivity contribution in [1.29, 1.82) is 0 Å². The lowest BCUT2D eigenvalue weighted by molar-refractivity contribution is 1.33. The summed E-state index contributed by atoms with van der Waals surface area (Å²) in [5, 5.41) is 2.91. The van der Waals surface area contributed by atoms with Crippen LogP contribution in [0.15, 0.2) is 18.5 Å². The highest BCUT2D eigenvalue weighted by molar-refractivity contribution is 7.80. The quantitative estimate of drug-likeness (QED) is 0.526. The van der Waals surface area contributed by atoms with Gasteiger partial charge in [0.25, 0.3) is 0 Å². The maximum atomic E-state index is 5.53. The number of anilines is 2. The number of hydrogen-bond donors (Lipinski definition) is 3. The SMILES string of the molecule is NC(=S)Nc1ccncc1N. The fraction of sp³-hybridized carbons (Fsp3) is 0. The summed E-state index contributed by atoms with van der Waals surface area (Å²) in [5.41, 5.74) is 12.0. The molecule has 0 aliphatic rings. The number of pyridine rings is 1. The minimum Gasteiger partial charge on any atom is -0.396 e. The summed E-state index contributed by atoms with van der Waals surface area (Å²) in [5.74, 6) is 0. The Kier molecular flexibility index (Phi) is 2.22. The largest absolute Gasteiger partial charge is 0.396 e. The molecule has 1 heterocycles. The first-order chi connectivity index (χ1) is 5.20. The summed E-state index contributed by atoms with van der Waals surface area (Å²) < 4.78 is 0. The van der Waals surface area contributed by atoms with Crippen LogP contribution in [0.1, 0.15) is 0 Å². The minimum atomic E-state index is 0.197. The average molecular weight is 168 g/mol. The number of nitrogens with zero attached hydrogens (tertiary/aromatic N) is 1. The maximum absolute atomic E-state index is 5.53. The highest BCUT2D eigenvalue weighted by Crippen LogP contribution is 2.14. The van der Waals surface area contributed by atoms with Crippen LogP contribution in [0.3, 0.4) is 0 Å². The Morgan fingerprint density at radius 1 is 1.64 bits per heavy atom. The van der Waals surface area contributed by atoms with E-state index in [-0.39, 0.29) is 5.11 Å². The van der Waals surface area contributed by atoms with Crippen molar-refractivity contribution in [3.05, 3.63) is 18.5 Å². The van der Waals surface area contributed by atoms with Gasteiger partial charge in [0.15, 0.2) is 5.11 Å². The van der Waals surface area contributed by atoms with Crippen molar-refractivity contribution < 1.29 is 0 Å². The average Bonchev–Trinajstić information content (AvgIpc) is 1.93. The zero-order valence-corrected chi connectivity index (χ0v) is 6.56. The molecule has 0 spiro atoms. The van der Waals surface area contributed by atoms with Gasteiger partial charge in [0, 0.05) is 6.20 Å². The van der Waals surface area contributed by atoms with Crippen LogP contribution < -0.4 is 16.8 Å². The summed E-state index contributed by atoms with van der Waals surface area (Å²) in [6, 6.07) is 1.70. The van der Waals surface area contributed by atoms with Gasteiger partial charge >= 0.3 is 0 Å². The van der Waals surface area contributed by atoms with Crippen molar-refractivity contribution in [2.24, 2.45) is 5.73 Å². The molecule has 0 aliphatic carbocycles. The van der Waals surface area contributed by atoms with E-state index in [9.17, 15) is 0 Å². The number of nitrogens with one attached hydrogen (secondary N) is 1. The van der Waals surface area contributed by atoms with Gasteiger partial charge in [-0.1, -0.05) is 0 Å². The van der Waals surface area contributed by atoms with Gasteiger partial charge in [-0.15, -0.1) is 0 Å². The molecule has 0 bridgehead atoms. The molecule has 0 unspecified atom stereocenters. The normalized spacial score (nSPS) is 9.09. The predicted molar refractivity (Wildman–Crippen MR) is 49.1 cm³/mol. The molecule has 0 amide bonds. The first kappa shape index (κ1) is 7.74. The standard InChI is InChI=1S/C6H8N4S/c7-4-3-9-2-1-5(4)10-6(8)11/h1-3H,7H2,(H3,8,9,10,11). The first-order valence-electron chi connectivity index (χ1n) is 2.96. The minimum absolute atomic E-state index is 0.197. The molecule has 1 aromatic heterocycles. The molecule has 0 aromatic carbocycles. The van der Waals surface area contributed by atoms with E-state index in [1.54, 1.807) is 12.3 Å². The van der Waals surface area contributed by atoms with E-state index in [1.807, 2.05) is 0 Å². The second kappa shape index (κ2) is 3.16. The molecule has 0 radical (unpaired) electrons. The van der Waals surface area contributed by atoms with Gasteiger partial charge < -0.3 is 16.8 Å². The molecule has 11 heavy (non-hydrogen) atoms. The van der Waals surface area contributed by atoms with Gasteiger partial charge in [-0.2, -0.15) is 0 Å². The maximum Gasteiger partial charge on any atom is 0.168 e. The van der Waals surface area contributed by atoms with Gasteiger partial charge in [0.05, 0.1) is 17.6 Å². The molecule has 5 heteroatoms. The van der Waals surface area contributed by atoms with Crippen molar-refractivity contribution in [1.82, 2.24) is 4.98 Å². The molecule has 0 saturated heterocycles. The van der Waals surface area contributed by atoms with Crippen LogP contribution in [0.2, 0.25) is 0 Å². The van der Waals surface area contributed by atoms with Crippen molar-refractivity contribution in [3.63, 3.8) is 0 Å². The second-order valence-corrected chi connectivity index (χ2v) is 2.39. The molecular formula is C6H8N4S. The molecule has 1 rings (SSSR count). The predicted octanol–water partition coefficient (Wildman–Crippen LogP) is 0.319. The Balaban J connectivity index is 2.86. The van der Waals surface area contributed by atoms with Gasteiger partial charge in [0.2, 0.25) is 0 Å². The summed E-state index contributed by atoms with van der Waals surface area (Å²) in [6.07, 6.45) is 3.14. The molecule has 0 atom stereocenters. The zero-order valence-electron chi connectivity index (χ0n) is 5.74. The van der Waals surface area contributed by atoms with Crippen LogP contribution in [-0.2, 0) is 0 Å². The highest BCUT2D eigenvalue weighted by atomic mass is 32.1. The monoisotopic (exact) mass is 168 g/mol. The Labute approximate surface area is 69.6 Å². The third kappa shape index (κ3) is 2.05. The smallest absolute Gasteiger partial charge is 0.168 e. The van der Waals surface area contributed by atoms with E-state index < -0.39 is 0 Å². The number of thiocarbonyl (C=S) groups is 1. The molecule has 0 saturated carbocycles. The van der Waals surface area contributed by atoms with E-state index in [4.69, 9.17) is 11.5 Å². The van der Waals surface area contributed by atoms with Gasteiger partial charge in [0.1, 0.15) is 0 Å². The Hall–Kier alpha value is -1.36. The fourth-order valence-corrected chi connectivity index (χ4v) is 0.763. The van der Waals surface area contributed by atoms with Crippen LogP contribution in [0.4, 0.5) is 11.4 Å². The lowest BCUT2D eigenvalue weighted by atomic mass is 10.3. The highest BCUT2D eigenvalue weighted by Gasteiger charge is 1.96. The van der Waals surface area contributed by atoms with Gasteiger partial charge in [-0.25, -0.2) is 0 Å². The lowest BCUT2D eigenvalue weighted by Gasteiger charge is -2.04. The van der Waals surface area contributed by atoms with E-state index >= 15 is 0 Å². The molecule has 4 nitrogen and oxygen atoms in total. The van der Waals surface area contributed by atoms with Crippen LogP contribution >= 0.6 is 12.2 Å². The number of nitrogen functional groups attached to an aromatic ring is 1. The number of rotatable bonds is 1. The van der Waals surface area contributed by atoms with E-state index in [2.05, 4.69) is 22.5 Å². The lowest BCUT2D eigenvalue weighted by Crippen LogP contribution is -2.19. The van der Waals surface area contributed by atoms with E-state index in [0.717, 1.165) is 0 Å². The fourth-order valence-electron chi connectivity index (χ4n) is 0.653. The van der Waals surface area contributed by atoms with Crippen molar-refractivity contribution in [2.45, 2.75) is 0 Å². The van der Waals surface area contributed by atoms with E-state index in [0.29, 0.717) is 11.4 Å². The zero-order chi connectivity index (χ0) is 8.27. The summed E-state index contributed by atoms with van der Waals surface area (Å²) in [7, 11) is 0. The molecule has 58 valence electrons. The molecule has 0 fully saturated rings. The third-order valence-electron chi connectivity index (χ3n) is 1.11. The number of aromatic nitrogens is 1. The topological polar surface area (TPSA) is 77.0 Å². The van der Waals surface area contributed by atoms with Crippen LogP contribution in [-0.4, -0.2) is 10.1 Å². The number of nitrogens with two attached hydrogens (primary N) is 2. The Morgan fingerprint density at radius 2 is 2.36 bits per heavy atom. The van der Waals surface area contributed by atoms with Crippen molar-refractivity contribution in [2.75, 3.05) is 11.1 Å². The third-order valence-corrected chi connectivity index (χ3v) is 1.21. The second-order valence-electron chi connectivity index (χ2n) is 1.95. The Bertz CT molecular complexity index is 273. The van der Waals surface area contributed by atoms with Crippen molar-refractivity contribution in [3.8, 4) is 0 Å². The number of hydrogen-bond acceptors (Lipinski definition) is 3. The van der Waals surface area contributed by atoms with Crippen LogP contribution in [0.5, 0.6) is 0 Å². The van der Waals surface area contributed by atoms with Crippen LogP contribution in [0, 0.1) is 0 Å². The summed E-state index contributed by atoms with van der Waals surface area (Å²) in [4.78, 5) is 3.80. The van der Waals surface area contributed by atoms with Crippen LogP contribution in [0.25, 0.3) is 0 Å². The van der Waals surface area contributed by atoms with Gasteiger partial charge in [-0.05, 0) is 18.3 Å². The van der Waals surface area contributed by atoms with Gasteiger partial charge in [-0.3, -0.25) is 4.98 Å².